The molecule has 1 aliphatic heterocycles. The van der Waals surface area contributed by atoms with E-state index in [9.17, 15) is 9.59 Å². The van der Waals surface area contributed by atoms with Crippen molar-refractivity contribution < 1.29 is 9.59 Å². The molecule has 2 N–H and O–H groups in total. The van der Waals surface area contributed by atoms with Gasteiger partial charge in [-0.25, -0.2) is 4.99 Å². The minimum atomic E-state index is -0.103. The Morgan fingerprint density at radius 3 is 2.54 bits per heavy atom. The van der Waals surface area contributed by atoms with E-state index in [1.54, 1.807) is 10.9 Å². The molecule has 2 aliphatic carbocycles. The summed E-state index contributed by atoms with van der Waals surface area (Å²) >= 11 is 0. The molecule has 4 rings (SSSR count). The first-order valence-corrected chi connectivity index (χ1v) is 10.1. The van der Waals surface area contributed by atoms with Crippen LogP contribution in [0.3, 0.4) is 0 Å². The van der Waals surface area contributed by atoms with Gasteiger partial charge in [-0.15, -0.1) is 0 Å². The second-order valence-corrected chi connectivity index (χ2v) is 7.75. The Balaban J connectivity index is 1.27. The van der Waals surface area contributed by atoms with Gasteiger partial charge in [-0.3, -0.25) is 19.2 Å². The van der Waals surface area contributed by atoms with Gasteiger partial charge in [-0.1, -0.05) is 12.2 Å². The number of allylic oxidation sites excluding steroid dienone is 2. The molecule has 1 aromatic heterocycles. The van der Waals surface area contributed by atoms with Crippen molar-refractivity contribution in [3.63, 3.8) is 0 Å². The Kier molecular flexibility index (Phi) is 5.19. The van der Waals surface area contributed by atoms with Gasteiger partial charge in [0.15, 0.2) is 5.96 Å². The molecule has 1 saturated carbocycles. The van der Waals surface area contributed by atoms with Crippen molar-refractivity contribution in [3.8, 4) is 0 Å². The van der Waals surface area contributed by atoms with Crippen LogP contribution in [0.4, 0.5) is 0 Å². The molecule has 150 valence electrons. The molecule has 1 saturated heterocycles. The second kappa shape index (κ2) is 7.77. The Morgan fingerprint density at radius 1 is 1.21 bits per heavy atom. The lowest BCUT2D eigenvalue weighted by molar-refractivity contribution is -0.140. The smallest absolute Gasteiger partial charge is 0.233 e. The summed E-state index contributed by atoms with van der Waals surface area (Å²) in [5, 5.41) is 10.6. The van der Waals surface area contributed by atoms with E-state index in [2.05, 4.69) is 32.9 Å². The molecule has 2 fully saturated rings. The number of guanidine groups is 1. The molecule has 2 bridgehead atoms. The highest BCUT2D eigenvalue weighted by Gasteiger charge is 2.58. The van der Waals surface area contributed by atoms with E-state index >= 15 is 0 Å². The Bertz CT molecular complexity index is 783. The van der Waals surface area contributed by atoms with E-state index in [-0.39, 0.29) is 35.5 Å². The van der Waals surface area contributed by atoms with Gasteiger partial charge in [0.2, 0.25) is 11.8 Å². The van der Waals surface area contributed by atoms with Crippen LogP contribution in [0.1, 0.15) is 25.5 Å². The van der Waals surface area contributed by atoms with Gasteiger partial charge in [0.05, 0.1) is 24.1 Å². The molecule has 0 spiro atoms. The van der Waals surface area contributed by atoms with Crippen LogP contribution in [0.25, 0.3) is 0 Å². The number of carbonyl (C=O) groups is 2. The number of hydrogen-bond donors (Lipinski definition) is 2. The van der Waals surface area contributed by atoms with Crippen LogP contribution in [0, 0.1) is 23.7 Å². The predicted octanol–water partition coefficient (Wildman–Crippen LogP) is 0.672. The third-order valence-electron chi connectivity index (χ3n) is 6.08. The Morgan fingerprint density at radius 2 is 1.93 bits per heavy atom. The average Bonchev–Trinajstić information content (AvgIpc) is 3.44. The topological polar surface area (TPSA) is 91.6 Å². The molecule has 4 unspecified atom stereocenters. The molecule has 2 heterocycles. The van der Waals surface area contributed by atoms with Gasteiger partial charge >= 0.3 is 0 Å². The molecule has 0 radical (unpaired) electrons. The quantitative estimate of drug-likeness (QED) is 0.237. The number of fused-ring (bicyclic) bond motifs is 5. The number of aryl methyl sites for hydroxylation is 1. The summed E-state index contributed by atoms with van der Waals surface area (Å²) in [6, 6.07) is 1.94. The number of nitrogens with one attached hydrogen (secondary N) is 2. The van der Waals surface area contributed by atoms with E-state index < -0.39 is 0 Å². The van der Waals surface area contributed by atoms with Gasteiger partial charge in [0.25, 0.3) is 0 Å². The largest absolute Gasteiger partial charge is 0.357 e. The standard InChI is InChI=1S/C20H28N6O2/c1-3-21-20(23-12-15-7-9-24-25(15)2)22-8-4-10-26-18(27)16-13-5-6-14(11-13)17(16)19(26)28/h5-7,9,13-14,16-17H,3-4,8,10-12H2,1-2H3,(H2,21,22,23). The molecule has 0 aromatic carbocycles. The van der Waals surface area contributed by atoms with Crippen LogP contribution in [0.15, 0.2) is 29.4 Å². The molecule has 28 heavy (non-hydrogen) atoms. The summed E-state index contributed by atoms with van der Waals surface area (Å²) in [7, 11) is 1.90. The van der Waals surface area contributed by atoms with E-state index in [0.29, 0.717) is 26.1 Å². The van der Waals surface area contributed by atoms with Crippen molar-refractivity contribution in [2.24, 2.45) is 35.7 Å². The number of aliphatic imine (C=N–C) groups is 1. The van der Waals surface area contributed by atoms with Crippen LogP contribution in [-0.4, -0.2) is 52.1 Å². The number of aromatic nitrogens is 2. The highest BCUT2D eigenvalue weighted by Crippen LogP contribution is 2.52. The van der Waals surface area contributed by atoms with Gasteiger partial charge < -0.3 is 10.6 Å². The maximum absolute atomic E-state index is 12.7. The zero-order chi connectivity index (χ0) is 19.7. The summed E-state index contributed by atoms with van der Waals surface area (Å²) in [4.78, 5) is 31.4. The summed E-state index contributed by atoms with van der Waals surface area (Å²) in [6.45, 7) is 4.43. The van der Waals surface area contributed by atoms with Crippen molar-refractivity contribution in [3.05, 3.63) is 30.1 Å². The van der Waals surface area contributed by atoms with Gasteiger partial charge in [0.1, 0.15) is 0 Å². The van der Waals surface area contributed by atoms with Crippen LogP contribution in [0.5, 0.6) is 0 Å². The fraction of sp³-hybridized carbons (Fsp3) is 0.600. The fourth-order valence-corrected chi connectivity index (χ4v) is 4.69. The van der Waals surface area contributed by atoms with Gasteiger partial charge in [-0.2, -0.15) is 5.10 Å². The highest BCUT2D eigenvalue weighted by molar-refractivity contribution is 6.06. The van der Waals surface area contributed by atoms with Crippen LogP contribution >= 0.6 is 0 Å². The van der Waals surface area contributed by atoms with Crippen LogP contribution < -0.4 is 10.6 Å². The SMILES string of the molecule is CCNC(=NCc1ccnn1C)NCCCN1C(=O)C2C3C=CC(C3)C2C1=O. The lowest BCUT2D eigenvalue weighted by Gasteiger charge is -2.18. The molecule has 2 amide bonds. The lowest BCUT2D eigenvalue weighted by atomic mass is 9.85. The second-order valence-electron chi connectivity index (χ2n) is 7.75. The molecule has 8 nitrogen and oxygen atoms in total. The van der Waals surface area contributed by atoms with Crippen LogP contribution in [0.2, 0.25) is 0 Å². The first-order valence-electron chi connectivity index (χ1n) is 10.1. The van der Waals surface area contributed by atoms with Crippen LogP contribution in [-0.2, 0) is 23.2 Å². The maximum atomic E-state index is 12.7. The lowest BCUT2D eigenvalue weighted by Crippen LogP contribution is -2.40. The first kappa shape index (κ1) is 18.7. The molecule has 3 aliphatic rings. The van der Waals surface area contributed by atoms with E-state index in [0.717, 1.165) is 24.6 Å². The number of nitrogens with zero attached hydrogens (tertiary/aromatic N) is 4. The van der Waals surface area contributed by atoms with Crippen molar-refractivity contribution in [1.29, 1.82) is 0 Å². The minimum absolute atomic E-state index is 0.0311. The summed E-state index contributed by atoms with van der Waals surface area (Å²) in [6.07, 6.45) is 7.69. The summed E-state index contributed by atoms with van der Waals surface area (Å²) in [5.41, 5.74) is 1.03. The average molecular weight is 384 g/mol. The number of amides is 2. The first-order chi connectivity index (χ1) is 13.6. The third kappa shape index (κ3) is 3.31. The number of likely N-dealkylation sites (tertiary alicyclic amines) is 1. The van der Waals surface area contributed by atoms with E-state index in [1.165, 1.54) is 4.90 Å². The molecule has 4 atom stereocenters. The van der Waals surface area contributed by atoms with E-state index in [4.69, 9.17) is 0 Å². The van der Waals surface area contributed by atoms with Gasteiger partial charge in [-0.05, 0) is 37.7 Å². The molecule has 1 aromatic rings. The molecular weight excluding hydrogens is 356 g/mol. The third-order valence-corrected chi connectivity index (χ3v) is 6.08. The molecular formula is C20H28N6O2. The maximum Gasteiger partial charge on any atom is 0.233 e. The zero-order valence-corrected chi connectivity index (χ0v) is 16.5. The Hall–Kier alpha value is -2.64. The highest BCUT2D eigenvalue weighted by atomic mass is 16.2. The van der Waals surface area contributed by atoms with E-state index in [1.807, 2.05) is 20.0 Å². The van der Waals surface area contributed by atoms with Crippen molar-refractivity contribution in [2.75, 3.05) is 19.6 Å². The Labute approximate surface area is 165 Å². The number of carbonyl (C=O) groups excluding carboxylic acids is 2. The number of hydrogen-bond acceptors (Lipinski definition) is 4. The summed E-state index contributed by atoms with van der Waals surface area (Å²) < 4.78 is 1.80. The fourth-order valence-electron chi connectivity index (χ4n) is 4.69. The normalized spacial score (nSPS) is 28.4. The number of imide groups is 1. The van der Waals surface area contributed by atoms with Crippen molar-refractivity contribution in [1.82, 2.24) is 25.3 Å². The molecule has 8 heteroatoms. The van der Waals surface area contributed by atoms with Gasteiger partial charge in [0, 0.05) is 32.9 Å². The van der Waals surface area contributed by atoms with Crippen molar-refractivity contribution in [2.45, 2.75) is 26.3 Å². The van der Waals surface area contributed by atoms with Crippen molar-refractivity contribution >= 4 is 17.8 Å². The summed E-state index contributed by atoms with van der Waals surface area (Å²) in [5.74, 6) is 1.12. The number of rotatable bonds is 7. The zero-order valence-electron chi connectivity index (χ0n) is 16.5. The predicted molar refractivity (Wildman–Crippen MR) is 105 cm³/mol. The monoisotopic (exact) mass is 384 g/mol. The minimum Gasteiger partial charge on any atom is -0.357 e.